The van der Waals surface area contributed by atoms with E-state index in [9.17, 15) is 4.79 Å². The molecule has 1 fully saturated rings. The molecule has 0 bridgehead atoms. The van der Waals surface area contributed by atoms with E-state index in [1.165, 1.54) is 36.7 Å². The summed E-state index contributed by atoms with van der Waals surface area (Å²) >= 11 is 7.25. The fraction of sp³-hybridized carbons (Fsp3) is 0.292. The molecule has 0 unspecified atom stereocenters. The Bertz CT molecular complexity index is 988. The van der Waals surface area contributed by atoms with Crippen LogP contribution in [0.4, 0.5) is 5.69 Å². The predicted molar refractivity (Wildman–Crippen MR) is 128 cm³/mol. The lowest BCUT2D eigenvalue weighted by molar-refractivity contribution is -0.118. The number of hydrogen-bond donors (Lipinski definition) is 1. The summed E-state index contributed by atoms with van der Waals surface area (Å²) in [7, 11) is 0. The molecule has 1 aromatic heterocycles. The summed E-state index contributed by atoms with van der Waals surface area (Å²) in [4.78, 5) is 14.5. The van der Waals surface area contributed by atoms with Crippen LogP contribution in [-0.2, 0) is 11.3 Å². The van der Waals surface area contributed by atoms with Gasteiger partial charge < -0.3 is 10.2 Å². The molecule has 1 amide bonds. The first-order chi connectivity index (χ1) is 15.2. The number of thioether (sulfide) groups is 1. The third-order valence-corrected chi connectivity index (χ3v) is 6.45. The van der Waals surface area contributed by atoms with Crippen LogP contribution in [0.5, 0.6) is 0 Å². The Balaban J connectivity index is 1.26. The fourth-order valence-electron chi connectivity index (χ4n) is 3.54. The summed E-state index contributed by atoms with van der Waals surface area (Å²) in [5.74, 6) is 0.255. The highest BCUT2D eigenvalue weighted by molar-refractivity contribution is 7.99. The Morgan fingerprint density at radius 1 is 0.935 bits per heavy atom. The van der Waals surface area contributed by atoms with Crippen LogP contribution in [0, 0.1) is 0 Å². The third-order valence-electron chi connectivity index (χ3n) is 5.28. The minimum atomic E-state index is -0.0425. The van der Waals surface area contributed by atoms with E-state index in [1.807, 2.05) is 36.4 Å². The fourth-order valence-corrected chi connectivity index (χ4v) is 4.31. The summed E-state index contributed by atoms with van der Waals surface area (Å²) in [5, 5.41) is 12.9. The molecule has 1 N–H and O–H groups in total. The molecule has 2 heterocycles. The quantitative estimate of drug-likeness (QED) is 0.499. The van der Waals surface area contributed by atoms with E-state index in [2.05, 4.69) is 44.7 Å². The lowest BCUT2D eigenvalue weighted by Gasteiger charge is -2.28. The van der Waals surface area contributed by atoms with Crippen LogP contribution in [0.2, 0.25) is 5.02 Å². The van der Waals surface area contributed by atoms with Crippen LogP contribution < -0.4 is 10.2 Å². The zero-order chi connectivity index (χ0) is 21.5. The van der Waals surface area contributed by atoms with E-state index >= 15 is 0 Å². The smallest absolute Gasteiger partial charge is 0.230 e. The Kier molecular flexibility index (Phi) is 7.43. The Hall–Kier alpha value is -2.57. The van der Waals surface area contributed by atoms with Crippen molar-refractivity contribution >= 4 is 35.0 Å². The lowest BCUT2D eigenvalue weighted by atomic mass is 10.1. The number of carbonyl (C=O) groups excluding carboxylic acids is 1. The van der Waals surface area contributed by atoms with Gasteiger partial charge in [-0.15, -0.1) is 10.2 Å². The molecule has 0 spiro atoms. The second-order valence-electron chi connectivity index (χ2n) is 7.54. The minimum Gasteiger partial charge on any atom is -0.372 e. The van der Waals surface area contributed by atoms with Crippen molar-refractivity contribution in [1.29, 1.82) is 0 Å². The van der Waals surface area contributed by atoms with Gasteiger partial charge in [0, 0.05) is 35.9 Å². The molecule has 0 atom stereocenters. The molecule has 31 heavy (non-hydrogen) atoms. The van der Waals surface area contributed by atoms with Gasteiger partial charge in [0.05, 0.1) is 11.4 Å². The molecule has 0 aliphatic carbocycles. The molecular formula is C24H25ClN4OS. The number of amides is 1. The highest BCUT2D eigenvalue weighted by atomic mass is 35.5. The lowest BCUT2D eigenvalue weighted by Crippen LogP contribution is -2.29. The SMILES string of the molecule is O=C(CSc1ccc(-c2ccc(N3CCCCC3)cc2)nn1)NCc1ccc(Cl)cc1. The number of aromatic nitrogens is 2. The summed E-state index contributed by atoms with van der Waals surface area (Å²) in [5.41, 5.74) is 4.17. The Morgan fingerprint density at radius 3 is 2.35 bits per heavy atom. The highest BCUT2D eigenvalue weighted by Gasteiger charge is 2.11. The zero-order valence-electron chi connectivity index (χ0n) is 17.3. The molecule has 160 valence electrons. The van der Waals surface area contributed by atoms with Gasteiger partial charge in [0.15, 0.2) is 0 Å². The molecule has 0 radical (unpaired) electrons. The summed E-state index contributed by atoms with van der Waals surface area (Å²) < 4.78 is 0. The number of nitrogens with one attached hydrogen (secondary N) is 1. The maximum Gasteiger partial charge on any atom is 0.230 e. The van der Waals surface area contributed by atoms with E-state index in [1.54, 1.807) is 0 Å². The van der Waals surface area contributed by atoms with Gasteiger partial charge in [-0.05, 0) is 61.2 Å². The third kappa shape index (κ3) is 6.21. The van der Waals surface area contributed by atoms with E-state index in [-0.39, 0.29) is 5.91 Å². The first kappa shape index (κ1) is 21.7. The average Bonchev–Trinajstić information content (AvgIpc) is 2.83. The van der Waals surface area contributed by atoms with Gasteiger partial charge in [-0.3, -0.25) is 4.79 Å². The van der Waals surface area contributed by atoms with Crippen molar-refractivity contribution in [2.45, 2.75) is 30.8 Å². The van der Waals surface area contributed by atoms with E-state index < -0.39 is 0 Å². The molecule has 0 saturated carbocycles. The van der Waals surface area contributed by atoms with Crippen molar-refractivity contribution in [2.24, 2.45) is 0 Å². The minimum absolute atomic E-state index is 0.0425. The maximum absolute atomic E-state index is 12.1. The number of benzene rings is 2. The van der Waals surface area contributed by atoms with Gasteiger partial charge in [-0.1, -0.05) is 47.6 Å². The molecular weight excluding hydrogens is 428 g/mol. The van der Waals surface area contributed by atoms with Crippen LogP contribution in [0.15, 0.2) is 65.7 Å². The topological polar surface area (TPSA) is 58.1 Å². The van der Waals surface area contributed by atoms with Crippen LogP contribution in [0.25, 0.3) is 11.3 Å². The van der Waals surface area contributed by atoms with E-state index in [4.69, 9.17) is 11.6 Å². The van der Waals surface area contributed by atoms with Crippen molar-refractivity contribution in [1.82, 2.24) is 15.5 Å². The standard InChI is InChI=1S/C24H25ClN4OS/c25-20-8-4-18(5-9-20)16-26-23(30)17-31-24-13-12-22(27-28-24)19-6-10-21(11-7-19)29-14-2-1-3-15-29/h4-13H,1-3,14-17H2,(H,26,30). The predicted octanol–water partition coefficient (Wildman–Crippen LogP) is 5.20. The number of nitrogens with zero attached hydrogens (tertiary/aromatic N) is 3. The number of halogens is 1. The van der Waals surface area contributed by atoms with E-state index in [0.29, 0.717) is 17.3 Å². The van der Waals surface area contributed by atoms with Crippen LogP contribution >= 0.6 is 23.4 Å². The number of hydrogen-bond acceptors (Lipinski definition) is 5. The summed E-state index contributed by atoms with van der Waals surface area (Å²) in [6.45, 7) is 2.76. The van der Waals surface area contributed by atoms with Crippen molar-refractivity contribution in [3.8, 4) is 11.3 Å². The normalized spacial score (nSPS) is 13.8. The first-order valence-corrected chi connectivity index (χ1v) is 11.9. The number of carbonyl (C=O) groups is 1. The monoisotopic (exact) mass is 452 g/mol. The molecule has 1 aliphatic heterocycles. The van der Waals surface area contributed by atoms with Crippen molar-refractivity contribution < 1.29 is 4.79 Å². The summed E-state index contributed by atoms with van der Waals surface area (Å²) in [6, 6.07) is 19.8. The van der Waals surface area contributed by atoms with Gasteiger partial charge in [0.1, 0.15) is 5.03 Å². The van der Waals surface area contributed by atoms with Gasteiger partial charge in [0.2, 0.25) is 5.91 Å². The van der Waals surface area contributed by atoms with Crippen molar-refractivity contribution in [3.05, 3.63) is 71.2 Å². The van der Waals surface area contributed by atoms with Gasteiger partial charge in [0.25, 0.3) is 0 Å². The molecule has 5 nitrogen and oxygen atoms in total. The van der Waals surface area contributed by atoms with Crippen LogP contribution in [0.3, 0.4) is 0 Å². The number of piperidine rings is 1. The molecule has 4 rings (SSSR count). The van der Waals surface area contributed by atoms with Crippen LogP contribution in [-0.4, -0.2) is 34.9 Å². The molecule has 1 aliphatic rings. The second-order valence-corrected chi connectivity index (χ2v) is 8.98. The van der Waals surface area contributed by atoms with Gasteiger partial charge >= 0.3 is 0 Å². The van der Waals surface area contributed by atoms with Gasteiger partial charge in [-0.25, -0.2) is 0 Å². The highest BCUT2D eigenvalue weighted by Crippen LogP contribution is 2.25. The average molecular weight is 453 g/mol. The molecule has 3 aromatic rings. The molecule has 7 heteroatoms. The maximum atomic E-state index is 12.1. The summed E-state index contributed by atoms with van der Waals surface area (Å²) in [6.07, 6.45) is 3.87. The zero-order valence-corrected chi connectivity index (χ0v) is 18.8. The molecule has 1 saturated heterocycles. The van der Waals surface area contributed by atoms with Crippen molar-refractivity contribution in [2.75, 3.05) is 23.7 Å². The largest absolute Gasteiger partial charge is 0.372 e. The second kappa shape index (κ2) is 10.6. The number of anilines is 1. The number of rotatable bonds is 7. The van der Waals surface area contributed by atoms with E-state index in [0.717, 1.165) is 34.9 Å². The molecule has 2 aromatic carbocycles. The van der Waals surface area contributed by atoms with Crippen molar-refractivity contribution in [3.63, 3.8) is 0 Å². The Labute approximate surface area is 192 Å². The first-order valence-electron chi connectivity index (χ1n) is 10.5. The van der Waals surface area contributed by atoms with Gasteiger partial charge in [-0.2, -0.15) is 0 Å². The van der Waals surface area contributed by atoms with Crippen LogP contribution in [0.1, 0.15) is 24.8 Å². The Morgan fingerprint density at radius 2 is 1.68 bits per heavy atom.